The molecule has 0 bridgehead atoms. The van der Waals surface area contributed by atoms with Gasteiger partial charge in [-0.05, 0) is 35.9 Å². The Kier molecular flexibility index (Phi) is 3.85. The number of carbonyl (C=O) groups excluding carboxylic acids is 1. The number of imidazole rings is 1. The zero-order chi connectivity index (χ0) is 17.2. The molecule has 0 radical (unpaired) electrons. The second kappa shape index (κ2) is 6.32. The summed E-state index contributed by atoms with van der Waals surface area (Å²) in [6, 6.07) is 13.4. The van der Waals surface area contributed by atoms with E-state index in [9.17, 15) is 4.79 Å². The summed E-state index contributed by atoms with van der Waals surface area (Å²) in [6.45, 7) is 0.653. The average molecular weight is 335 g/mol. The topological polar surface area (TPSA) is 67.5 Å². The molecule has 3 aromatic rings. The number of likely N-dealkylation sites (N-methyl/N-ethyl adjacent to an activating group) is 1. The predicted octanol–water partition coefficient (Wildman–Crippen LogP) is 2.96. The van der Waals surface area contributed by atoms with Crippen LogP contribution in [0.4, 0.5) is 0 Å². The number of para-hydroxylation sites is 2. The lowest BCUT2D eigenvalue weighted by Crippen LogP contribution is -2.24. The number of hydrogen-bond donors (Lipinski definition) is 1. The van der Waals surface area contributed by atoms with E-state index >= 15 is 0 Å². The molecule has 0 fully saturated rings. The summed E-state index contributed by atoms with van der Waals surface area (Å²) in [7, 11) is 1.75. The normalized spacial score (nSPS) is 12.8. The van der Waals surface area contributed by atoms with Crippen molar-refractivity contribution >= 4 is 23.0 Å². The minimum Gasteiger partial charge on any atom is -0.454 e. The Morgan fingerprint density at radius 1 is 1.24 bits per heavy atom. The van der Waals surface area contributed by atoms with Gasteiger partial charge in [-0.1, -0.05) is 18.2 Å². The largest absolute Gasteiger partial charge is 0.454 e. The molecule has 0 aliphatic carbocycles. The number of ether oxygens (including phenoxy) is 2. The maximum absolute atomic E-state index is 12.3. The molecule has 0 spiro atoms. The van der Waals surface area contributed by atoms with Crippen molar-refractivity contribution < 1.29 is 14.3 Å². The van der Waals surface area contributed by atoms with Crippen LogP contribution in [0.2, 0.25) is 0 Å². The van der Waals surface area contributed by atoms with E-state index in [1.165, 1.54) is 0 Å². The first-order chi connectivity index (χ1) is 12.2. The van der Waals surface area contributed by atoms with Gasteiger partial charge in [0.1, 0.15) is 5.82 Å². The van der Waals surface area contributed by atoms with Crippen LogP contribution < -0.4 is 9.47 Å². The molecule has 1 aromatic heterocycles. The Morgan fingerprint density at radius 3 is 2.96 bits per heavy atom. The van der Waals surface area contributed by atoms with Crippen molar-refractivity contribution in [3.05, 3.63) is 59.9 Å². The fourth-order valence-electron chi connectivity index (χ4n) is 2.69. The molecule has 6 heteroatoms. The van der Waals surface area contributed by atoms with Crippen molar-refractivity contribution in [2.75, 3.05) is 13.8 Å². The summed E-state index contributed by atoms with van der Waals surface area (Å²) < 4.78 is 10.6. The molecule has 25 heavy (non-hydrogen) atoms. The molecule has 1 aliphatic heterocycles. The lowest BCUT2D eigenvalue weighted by atomic mass is 10.2. The number of benzene rings is 2. The summed E-state index contributed by atoms with van der Waals surface area (Å²) in [4.78, 5) is 21.6. The van der Waals surface area contributed by atoms with Gasteiger partial charge >= 0.3 is 0 Å². The van der Waals surface area contributed by atoms with Crippen molar-refractivity contribution in [2.45, 2.75) is 6.54 Å². The Bertz CT molecular complexity index is 928. The van der Waals surface area contributed by atoms with Gasteiger partial charge in [0.25, 0.3) is 0 Å². The number of aromatic amines is 1. The van der Waals surface area contributed by atoms with Crippen molar-refractivity contribution in [3.63, 3.8) is 0 Å². The third kappa shape index (κ3) is 3.19. The van der Waals surface area contributed by atoms with Gasteiger partial charge in [0.05, 0.1) is 17.6 Å². The van der Waals surface area contributed by atoms with Crippen LogP contribution in [0.5, 0.6) is 11.5 Å². The molecule has 126 valence electrons. The summed E-state index contributed by atoms with van der Waals surface area (Å²) in [5, 5.41) is 0. The number of hydrogen-bond acceptors (Lipinski definition) is 4. The molecular weight excluding hydrogens is 318 g/mol. The summed E-state index contributed by atoms with van der Waals surface area (Å²) in [5.41, 5.74) is 2.75. The lowest BCUT2D eigenvalue weighted by Gasteiger charge is -2.13. The summed E-state index contributed by atoms with van der Waals surface area (Å²) in [6.07, 6.45) is 3.31. The van der Waals surface area contributed by atoms with Crippen LogP contribution in [0, 0.1) is 0 Å². The number of fused-ring (bicyclic) bond motifs is 2. The average Bonchev–Trinajstić information content (AvgIpc) is 3.24. The van der Waals surface area contributed by atoms with Gasteiger partial charge in [-0.15, -0.1) is 0 Å². The zero-order valence-electron chi connectivity index (χ0n) is 13.7. The van der Waals surface area contributed by atoms with Crippen LogP contribution in [0.3, 0.4) is 0 Å². The van der Waals surface area contributed by atoms with Crippen LogP contribution in [-0.2, 0) is 11.3 Å². The molecule has 6 nitrogen and oxygen atoms in total. The third-order valence-corrected chi connectivity index (χ3v) is 4.02. The van der Waals surface area contributed by atoms with Crippen LogP contribution >= 0.6 is 0 Å². The molecule has 2 aromatic carbocycles. The summed E-state index contributed by atoms with van der Waals surface area (Å²) >= 11 is 0. The highest BCUT2D eigenvalue weighted by atomic mass is 16.7. The minimum absolute atomic E-state index is 0.0990. The Balaban J connectivity index is 1.43. The van der Waals surface area contributed by atoms with Crippen molar-refractivity contribution in [3.8, 4) is 11.5 Å². The first kappa shape index (κ1) is 15.3. The van der Waals surface area contributed by atoms with E-state index < -0.39 is 0 Å². The second-order valence-electron chi connectivity index (χ2n) is 5.84. The van der Waals surface area contributed by atoms with E-state index in [0.29, 0.717) is 12.3 Å². The number of carbonyl (C=O) groups is 1. The van der Waals surface area contributed by atoms with Crippen molar-refractivity contribution in [1.82, 2.24) is 14.9 Å². The van der Waals surface area contributed by atoms with Gasteiger partial charge in [-0.25, -0.2) is 4.98 Å². The number of amides is 1. The monoisotopic (exact) mass is 335 g/mol. The van der Waals surface area contributed by atoms with Gasteiger partial charge in [0.15, 0.2) is 11.5 Å². The second-order valence-corrected chi connectivity index (χ2v) is 5.84. The van der Waals surface area contributed by atoms with E-state index in [1.807, 2.05) is 42.5 Å². The van der Waals surface area contributed by atoms with Gasteiger partial charge in [-0.3, -0.25) is 4.79 Å². The fraction of sp³-hybridized carbons (Fsp3) is 0.158. The first-order valence-electron chi connectivity index (χ1n) is 7.95. The maximum atomic E-state index is 12.3. The molecular formula is C19H17N3O3. The first-order valence-corrected chi connectivity index (χ1v) is 7.95. The van der Waals surface area contributed by atoms with E-state index in [2.05, 4.69) is 9.97 Å². The van der Waals surface area contributed by atoms with Crippen LogP contribution in [0.15, 0.2) is 48.5 Å². The molecule has 0 saturated heterocycles. The highest BCUT2D eigenvalue weighted by molar-refractivity contribution is 5.91. The van der Waals surface area contributed by atoms with Gasteiger partial charge < -0.3 is 19.4 Å². The van der Waals surface area contributed by atoms with Gasteiger partial charge in [0, 0.05) is 13.1 Å². The van der Waals surface area contributed by atoms with Crippen LogP contribution in [-0.4, -0.2) is 34.6 Å². The fourth-order valence-corrected chi connectivity index (χ4v) is 2.69. The quantitative estimate of drug-likeness (QED) is 0.744. The highest BCUT2D eigenvalue weighted by Crippen LogP contribution is 2.32. The maximum Gasteiger partial charge on any atom is 0.246 e. The number of nitrogens with zero attached hydrogens (tertiary/aromatic N) is 2. The smallest absolute Gasteiger partial charge is 0.246 e. The molecule has 0 unspecified atom stereocenters. The van der Waals surface area contributed by atoms with Crippen LogP contribution in [0.25, 0.3) is 17.1 Å². The molecule has 0 atom stereocenters. The number of rotatable bonds is 4. The molecule has 1 N–H and O–H groups in total. The zero-order valence-corrected chi connectivity index (χ0v) is 13.7. The van der Waals surface area contributed by atoms with E-state index in [1.54, 1.807) is 24.1 Å². The van der Waals surface area contributed by atoms with Crippen LogP contribution in [0.1, 0.15) is 11.4 Å². The molecule has 1 amide bonds. The lowest BCUT2D eigenvalue weighted by molar-refractivity contribution is -0.125. The SMILES string of the molecule is CN(Cc1nc2ccccc2[nH]1)C(=O)/C=C/c1ccc2c(c1)OCO2. The van der Waals surface area contributed by atoms with E-state index in [0.717, 1.165) is 28.2 Å². The predicted molar refractivity (Wildman–Crippen MR) is 94.2 cm³/mol. The van der Waals surface area contributed by atoms with Crippen molar-refractivity contribution in [1.29, 1.82) is 0 Å². The minimum atomic E-state index is -0.0990. The highest BCUT2D eigenvalue weighted by Gasteiger charge is 2.13. The Hall–Kier alpha value is -3.28. The van der Waals surface area contributed by atoms with E-state index in [-0.39, 0.29) is 12.7 Å². The molecule has 1 aliphatic rings. The molecule has 4 rings (SSSR count). The molecule has 0 saturated carbocycles. The van der Waals surface area contributed by atoms with E-state index in [4.69, 9.17) is 9.47 Å². The number of aromatic nitrogens is 2. The number of H-pyrrole nitrogens is 1. The van der Waals surface area contributed by atoms with Gasteiger partial charge in [0.2, 0.25) is 12.7 Å². The third-order valence-electron chi connectivity index (χ3n) is 4.02. The Morgan fingerprint density at radius 2 is 2.08 bits per heavy atom. The van der Waals surface area contributed by atoms with Crippen molar-refractivity contribution in [2.24, 2.45) is 0 Å². The van der Waals surface area contributed by atoms with Gasteiger partial charge in [-0.2, -0.15) is 0 Å². The standard InChI is InChI=1S/C19H17N3O3/c1-22(11-18-20-14-4-2-3-5-15(14)21-18)19(23)9-7-13-6-8-16-17(10-13)25-12-24-16/h2-10H,11-12H2,1H3,(H,20,21)/b9-7+. The summed E-state index contributed by atoms with van der Waals surface area (Å²) in [5.74, 6) is 2.09. The molecule has 2 heterocycles. The number of nitrogens with one attached hydrogen (secondary N) is 1. The Labute approximate surface area is 144 Å².